The third-order valence-electron chi connectivity index (χ3n) is 3.24. The number of nitrogens with one attached hydrogen (secondary N) is 1. The minimum absolute atomic E-state index is 0.112. The number of amides is 2. The van der Waals surface area contributed by atoms with Crippen molar-refractivity contribution >= 4 is 29.1 Å². The van der Waals surface area contributed by atoms with Crippen LogP contribution >= 0.6 is 11.6 Å². The van der Waals surface area contributed by atoms with Gasteiger partial charge in [0.2, 0.25) is 5.91 Å². The summed E-state index contributed by atoms with van der Waals surface area (Å²) >= 11 is 6.12. The number of imide groups is 1. The number of hydrogen-bond donors (Lipinski definition) is 1. The fourth-order valence-corrected chi connectivity index (χ4v) is 2.57. The Kier molecular flexibility index (Phi) is 3.80. The molecule has 0 aliphatic carbocycles. The Morgan fingerprint density at radius 2 is 2.05 bits per heavy atom. The maximum Gasteiger partial charge on any atom is 0.252 e. The lowest BCUT2D eigenvalue weighted by Crippen LogP contribution is -2.39. The largest absolute Gasteiger partial charge is 0.372 e. The molecule has 0 bridgehead atoms. The molecule has 0 spiro atoms. The zero-order valence-electron chi connectivity index (χ0n) is 11.2. The first kappa shape index (κ1) is 13.9. The molecule has 2 amide bonds. The van der Waals surface area contributed by atoms with Gasteiger partial charge in [0.15, 0.2) is 0 Å². The van der Waals surface area contributed by atoms with Gasteiger partial charge in [-0.05, 0) is 32.4 Å². The second kappa shape index (κ2) is 5.21. The van der Waals surface area contributed by atoms with E-state index in [4.69, 9.17) is 11.6 Å². The van der Waals surface area contributed by atoms with Crippen LogP contribution in [0.4, 0.5) is 5.69 Å². The summed E-state index contributed by atoms with van der Waals surface area (Å²) in [5.41, 5.74) is 1.68. The maximum atomic E-state index is 12.2. The smallest absolute Gasteiger partial charge is 0.252 e. The Bertz CT molecular complexity index is 508. The van der Waals surface area contributed by atoms with Crippen LogP contribution in [0.5, 0.6) is 0 Å². The predicted octanol–water partition coefficient (Wildman–Crippen LogP) is 2.60. The Morgan fingerprint density at radius 1 is 1.37 bits per heavy atom. The second-order valence-electron chi connectivity index (χ2n) is 5.03. The number of carbonyl (C=O) groups is 2. The number of benzene rings is 1. The summed E-state index contributed by atoms with van der Waals surface area (Å²) in [5, 5.41) is 3.66. The monoisotopic (exact) mass is 280 g/mol. The highest BCUT2D eigenvalue weighted by Crippen LogP contribution is 2.28. The van der Waals surface area contributed by atoms with Crippen molar-refractivity contribution in [1.82, 2.24) is 4.90 Å². The second-order valence-corrected chi connectivity index (χ2v) is 5.44. The van der Waals surface area contributed by atoms with E-state index in [9.17, 15) is 9.59 Å². The summed E-state index contributed by atoms with van der Waals surface area (Å²) in [6.07, 6.45) is 0.182. The quantitative estimate of drug-likeness (QED) is 0.866. The van der Waals surface area contributed by atoms with Crippen molar-refractivity contribution in [3.05, 3.63) is 28.8 Å². The molecule has 1 N–H and O–H groups in total. The van der Waals surface area contributed by atoms with Crippen molar-refractivity contribution in [3.63, 3.8) is 0 Å². The summed E-state index contributed by atoms with van der Waals surface area (Å²) in [6.45, 7) is 5.58. The van der Waals surface area contributed by atoms with E-state index in [1.807, 2.05) is 32.9 Å². The molecule has 1 fully saturated rings. The lowest BCUT2D eigenvalue weighted by atomic mass is 10.1. The Balaban J connectivity index is 2.22. The van der Waals surface area contributed by atoms with Gasteiger partial charge in [0.1, 0.15) is 6.04 Å². The van der Waals surface area contributed by atoms with E-state index in [1.165, 1.54) is 4.90 Å². The molecule has 2 rings (SSSR count). The molecule has 1 aliphatic heterocycles. The molecule has 4 nitrogen and oxygen atoms in total. The van der Waals surface area contributed by atoms with Crippen LogP contribution in [0.25, 0.3) is 0 Å². The van der Waals surface area contributed by atoms with Crippen LogP contribution in [0.3, 0.4) is 0 Å². The minimum atomic E-state index is -0.520. The lowest BCUT2D eigenvalue weighted by molar-refractivity contribution is -0.140. The van der Waals surface area contributed by atoms with E-state index < -0.39 is 6.04 Å². The number of hydrogen-bond acceptors (Lipinski definition) is 3. The van der Waals surface area contributed by atoms with Crippen molar-refractivity contribution in [1.29, 1.82) is 0 Å². The summed E-state index contributed by atoms with van der Waals surface area (Å²) in [5.74, 6) is -0.318. The number of carbonyl (C=O) groups excluding carboxylic acids is 2. The predicted molar refractivity (Wildman–Crippen MR) is 75.2 cm³/mol. The van der Waals surface area contributed by atoms with Crippen LogP contribution in [-0.4, -0.2) is 28.8 Å². The molecule has 102 valence electrons. The van der Waals surface area contributed by atoms with E-state index in [-0.39, 0.29) is 24.3 Å². The fourth-order valence-electron chi connectivity index (χ4n) is 2.30. The highest BCUT2D eigenvalue weighted by molar-refractivity contribution is 6.33. The number of aryl methyl sites for hydroxylation is 1. The van der Waals surface area contributed by atoms with Gasteiger partial charge in [-0.1, -0.05) is 23.7 Å². The first-order chi connectivity index (χ1) is 8.91. The molecule has 1 saturated heterocycles. The number of likely N-dealkylation sites (tertiary alicyclic amines) is 1. The van der Waals surface area contributed by atoms with Crippen molar-refractivity contribution in [3.8, 4) is 0 Å². The van der Waals surface area contributed by atoms with Gasteiger partial charge in [0.05, 0.1) is 17.1 Å². The molecule has 1 aromatic carbocycles. The molecule has 1 heterocycles. The molecule has 0 saturated carbocycles. The third-order valence-corrected chi connectivity index (χ3v) is 3.55. The molecule has 1 aromatic rings. The zero-order chi connectivity index (χ0) is 14.2. The molecule has 1 atom stereocenters. The first-order valence-electron chi connectivity index (χ1n) is 6.29. The zero-order valence-corrected chi connectivity index (χ0v) is 12.0. The van der Waals surface area contributed by atoms with Crippen molar-refractivity contribution < 1.29 is 9.59 Å². The van der Waals surface area contributed by atoms with Crippen LogP contribution in [0.15, 0.2) is 18.2 Å². The van der Waals surface area contributed by atoms with Gasteiger partial charge in [0.25, 0.3) is 5.91 Å². The highest BCUT2D eigenvalue weighted by atomic mass is 35.5. The van der Waals surface area contributed by atoms with Gasteiger partial charge >= 0.3 is 0 Å². The third kappa shape index (κ3) is 2.59. The van der Waals surface area contributed by atoms with E-state index >= 15 is 0 Å². The van der Waals surface area contributed by atoms with Crippen LogP contribution in [0.2, 0.25) is 5.02 Å². The summed E-state index contributed by atoms with van der Waals surface area (Å²) in [6, 6.07) is 4.89. The molecule has 5 heteroatoms. The normalized spacial score (nSPS) is 19.4. The summed E-state index contributed by atoms with van der Waals surface area (Å²) in [4.78, 5) is 25.3. The molecular formula is C14H17ClN2O2. The first-order valence-corrected chi connectivity index (χ1v) is 6.67. The standard InChI is InChI=1S/C14H17ClN2O2/c1-8(2)17-12(18)7-11(14(17)19)16-13-9(3)5-4-6-10(13)15/h4-6,8,11,16H,7H2,1-3H3. The van der Waals surface area contributed by atoms with Gasteiger partial charge in [-0.15, -0.1) is 0 Å². The van der Waals surface area contributed by atoms with Crippen molar-refractivity contribution in [2.24, 2.45) is 0 Å². The average molecular weight is 281 g/mol. The van der Waals surface area contributed by atoms with Crippen LogP contribution in [0, 0.1) is 6.92 Å². The fraction of sp³-hybridized carbons (Fsp3) is 0.429. The van der Waals surface area contributed by atoms with Gasteiger partial charge in [-0.3, -0.25) is 14.5 Å². The van der Waals surface area contributed by atoms with Gasteiger partial charge in [-0.25, -0.2) is 0 Å². The molecule has 19 heavy (non-hydrogen) atoms. The van der Waals surface area contributed by atoms with Crippen LogP contribution in [0.1, 0.15) is 25.8 Å². The highest BCUT2D eigenvalue weighted by Gasteiger charge is 2.40. The van der Waals surface area contributed by atoms with Crippen LogP contribution < -0.4 is 5.32 Å². The van der Waals surface area contributed by atoms with E-state index in [1.54, 1.807) is 6.07 Å². The summed E-state index contributed by atoms with van der Waals surface area (Å²) in [7, 11) is 0. The molecule has 1 aliphatic rings. The average Bonchev–Trinajstić information content (AvgIpc) is 2.59. The van der Waals surface area contributed by atoms with Gasteiger partial charge in [0, 0.05) is 6.04 Å². The lowest BCUT2D eigenvalue weighted by Gasteiger charge is -2.20. The molecule has 1 unspecified atom stereocenters. The molecular weight excluding hydrogens is 264 g/mol. The summed E-state index contributed by atoms with van der Waals surface area (Å²) < 4.78 is 0. The van der Waals surface area contributed by atoms with Crippen molar-refractivity contribution in [2.75, 3.05) is 5.32 Å². The number of nitrogens with zero attached hydrogens (tertiary/aromatic N) is 1. The number of anilines is 1. The molecule has 0 radical (unpaired) electrons. The number of halogens is 1. The van der Waals surface area contributed by atoms with Gasteiger partial charge in [-0.2, -0.15) is 0 Å². The Morgan fingerprint density at radius 3 is 2.58 bits per heavy atom. The Hall–Kier alpha value is -1.55. The number of para-hydroxylation sites is 1. The van der Waals surface area contributed by atoms with E-state index in [0.29, 0.717) is 5.02 Å². The topological polar surface area (TPSA) is 49.4 Å². The van der Waals surface area contributed by atoms with Gasteiger partial charge < -0.3 is 5.32 Å². The SMILES string of the molecule is Cc1cccc(Cl)c1NC1CC(=O)N(C(C)C)C1=O. The molecule has 0 aromatic heterocycles. The van der Waals surface area contributed by atoms with Crippen molar-refractivity contribution in [2.45, 2.75) is 39.3 Å². The van der Waals surface area contributed by atoms with Crippen LogP contribution in [-0.2, 0) is 9.59 Å². The minimum Gasteiger partial charge on any atom is -0.372 e. The Labute approximate surface area is 117 Å². The van der Waals surface area contributed by atoms with E-state index in [2.05, 4.69) is 5.32 Å². The maximum absolute atomic E-state index is 12.2. The number of rotatable bonds is 3. The van der Waals surface area contributed by atoms with E-state index in [0.717, 1.165) is 11.3 Å².